The summed E-state index contributed by atoms with van der Waals surface area (Å²) >= 11 is 5.87. The van der Waals surface area contributed by atoms with Crippen LogP contribution >= 0.6 is 11.6 Å². The monoisotopic (exact) mass is 402 g/mol. The van der Waals surface area contributed by atoms with Crippen LogP contribution in [0.3, 0.4) is 0 Å². The fourth-order valence-corrected chi connectivity index (χ4v) is 4.08. The second kappa shape index (κ2) is 7.68. The van der Waals surface area contributed by atoms with Crippen molar-refractivity contribution in [2.45, 2.75) is 11.7 Å². The van der Waals surface area contributed by atoms with Gasteiger partial charge in [-0.1, -0.05) is 41.9 Å². The van der Waals surface area contributed by atoms with Gasteiger partial charge < -0.3 is 4.57 Å². The normalized spacial score (nSPS) is 12.7. The lowest BCUT2D eigenvalue weighted by Gasteiger charge is -2.16. The number of sulfonamides is 1. The van der Waals surface area contributed by atoms with Gasteiger partial charge in [0.15, 0.2) is 0 Å². The van der Waals surface area contributed by atoms with E-state index in [0.29, 0.717) is 27.5 Å². The Morgan fingerprint density at radius 3 is 2.26 bits per heavy atom. The molecule has 0 bridgehead atoms. The summed E-state index contributed by atoms with van der Waals surface area (Å²) in [5.74, 6) is -0.160. The number of halogens is 1. The fraction of sp³-hybridized carbons (Fsp3) is 0.150. The van der Waals surface area contributed by atoms with Gasteiger partial charge in [-0.3, -0.25) is 4.79 Å². The maximum atomic E-state index is 12.7. The Balaban J connectivity index is 1.92. The van der Waals surface area contributed by atoms with Crippen molar-refractivity contribution in [1.82, 2.24) is 4.57 Å². The van der Waals surface area contributed by atoms with E-state index in [1.807, 2.05) is 6.07 Å². The van der Waals surface area contributed by atoms with E-state index < -0.39 is 15.3 Å². The minimum atomic E-state index is -3.81. The number of aromatic nitrogens is 1. The summed E-state index contributed by atoms with van der Waals surface area (Å²) in [4.78, 5) is 12.7. The third-order valence-electron chi connectivity index (χ3n) is 4.53. The average molecular weight is 403 g/mol. The molecule has 0 radical (unpaired) electrons. The van der Waals surface area contributed by atoms with E-state index in [-0.39, 0.29) is 12.2 Å². The number of hydrogen-bond acceptors (Lipinski definition) is 3. The van der Waals surface area contributed by atoms with Crippen LogP contribution in [0.2, 0.25) is 5.02 Å². The van der Waals surface area contributed by atoms with E-state index in [1.54, 1.807) is 72.3 Å². The van der Waals surface area contributed by atoms with Gasteiger partial charge in [-0.25, -0.2) is 13.6 Å². The number of ketones is 1. The van der Waals surface area contributed by atoms with Crippen molar-refractivity contribution >= 4 is 27.4 Å². The predicted molar refractivity (Wildman–Crippen MR) is 106 cm³/mol. The quantitative estimate of drug-likeness (QED) is 0.641. The number of carbonyl (C=O) groups is 1. The number of carbonyl (C=O) groups excluding carboxylic acids is 1. The van der Waals surface area contributed by atoms with Crippen molar-refractivity contribution in [3.63, 3.8) is 0 Å². The van der Waals surface area contributed by atoms with Crippen molar-refractivity contribution < 1.29 is 13.2 Å². The van der Waals surface area contributed by atoms with Crippen molar-refractivity contribution in [3.05, 3.63) is 94.3 Å². The zero-order valence-corrected chi connectivity index (χ0v) is 16.2. The molecule has 1 aromatic heterocycles. The molecule has 3 rings (SSSR count). The zero-order valence-electron chi connectivity index (χ0n) is 14.7. The maximum Gasteiger partial charge on any atom is 0.216 e. The Labute approximate surface area is 163 Å². The van der Waals surface area contributed by atoms with Gasteiger partial charge in [0.05, 0.1) is 5.69 Å². The molecule has 2 N–H and O–H groups in total. The highest BCUT2D eigenvalue weighted by molar-refractivity contribution is 7.89. The second-order valence-electron chi connectivity index (χ2n) is 6.30. The lowest BCUT2D eigenvalue weighted by molar-refractivity contribution is 0.103. The highest BCUT2D eigenvalue weighted by atomic mass is 35.5. The van der Waals surface area contributed by atoms with Crippen LogP contribution in [0.5, 0.6) is 0 Å². The molecule has 0 aliphatic carbocycles. The number of nitrogens with two attached hydrogens (primary N) is 1. The average Bonchev–Trinajstić information content (AvgIpc) is 3.00. The third kappa shape index (κ3) is 4.30. The molecule has 0 aliphatic heterocycles. The highest BCUT2D eigenvalue weighted by Crippen LogP contribution is 2.26. The summed E-state index contributed by atoms with van der Waals surface area (Å²) < 4.78 is 26.0. The number of hydrogen-bond donors (Lipinski definition) is 1. The van der Waals surface area contributed by atoms with Crippen molar-refractivity contribution in [1.29, 1.82) is 0 Å². The molecule has 1 heterocycles. The zero-order chi connectivity index (χ0) is 19.6. The fourth-order valence-electron chi connectivity index (χ4n) is 3.02. The van der Waals surface area contributed by atoms with Crippen LogP contribution < -0.4 is 5.14 Å². The molecule has 0 spiro atoms. The number of benzene rings is 2. The standard InChI is InChI=1S/C20H19ClN2O3S/c1-23-17(13-19(27(22,25)26)14-5-3-2-4-6-14)11-12-18(23)20(24)15-7-9-16(21)10-8-15/h2-12,19H,13H2,1H3,(H2,22,25,26). The molecule has 0 aliphatic rings. The van der Waals surface area contributed by atoms with Crippen LogP contribution in [0.15, 0.2) is 66.7 Å². The van der Waals surface area contributed by atoms with Crippen LogP contribution in [0.25, 0.3) is 0 Å². The van der Waals surface area contributed by atoms with Gasteiger partial charge in [-0.2, -0.15) is 0 Å². The van der Waals surface area contributed by atoms with Crippen LogP contribution in [-0.2, 0) is 23.5 Å². The Kier molecular flexibility index (Phi) is 5.51. The largest absolute Gasteiger partial charge is 0.345 e. The van der Waals surface area contributed by atoms with Crippen LogP contribution in [0.1, 0.15) is 32.6 Å². The molecule has 3 aromatic rings. The SMILES string of the molecule is Cn1c(CC(c2ccccc2)S(N)(=O)=O)ccc1C(=O)c1ccc(Cl)cc1. The summed E-state index contributed by atoms with van der Waals surface area (Å²) in [7, 11) is -2.07. The van der Waals surface area contributed by atoms with Crippen molar-refractivity contribution in [2.24, 2.45) is 12.2 Å². The first-order valence-corrected chi connectivity index (χ1v) is 10.3. The molecule has 1 atom stereocenters. The van der Waals surface area contributed by atoms with E-state index >= 15 is 0 Å². The lowest BCUT2D eigenvalue weighted by atomic mass is 10.1. The summed E-state index contributed by atoms with van der Waals surface area (Å²) in [5, 5.41) is 5.14. The Morgan fingerprint density at radius 2 is 1.67 bits per heavy atom. The molecule has 2 aromatic carbocycles. The third-order valence-corrected chi connectivity index (χ3v) is 6.01. The molecule has 0 fully saturated rings. The molecule has 0 saturated heterocycles. The van der Waals surface area contributed by atoms with E-state index in [0.717, 1.165) is 0 Å². The van der Waals surface area contributed by atoms with Gasteiger partial charge in [0, 0.05) is 29.7 Å². The maximum absolute atomic E-state index is 12.7. The summed E-state index contributed by atoms with van der Waals surface area (Å²) in [5.41, 5.74) is 2.30. The van der Waals surface area contributed by atoms with E-state index in [1.165, 1.54) is 0 Å². The minimum absolute atomic E-state index is 0.160. The van der Waals surface area contributed by atoms with E-state index in [4.69, 9.17) is 16.7 Å². The van der Waals surface area contributed by atoms with Crippen LogP contribution in [-0.4, -0.2) is 18.8 Å². The molecule has 0 saturated carbocycles. The Morgan fingerprint density at radius 1 is 1.04 bits per heavy atom. The van der Waals surface area contributed by atoms with E-state index in [9.17, 15) is 13.2 Å². The van der Waals surface area contributed by atoms with Crippen LogP contribution in [0.4, 0.5) is 0 Å². The van der Waals surface area contributed by atoms with Gasteiger partial charge in [0.2, 0.25) is 15.8 Å². The first kappa shape index (κ1) is 19.4. The summed E-state index contributed by atoms with van der Waals surface area (Å²) in [6.45, 7) is 0. The number of rotatable bonds is 6. The van der Waals surface area contributed by atoms with Crippen molar-refractivity contribution in [2.75, 3.05) is 0 Å². The van der Waals surface area contributed by atoms with Gasteiger partial charge in [-0.15, -0.1) is 0 Å². The molecule has 7 heteroatoms. The predicted octanol–water partition coefficient (Wildman–Crippen LogP) is 3.48. The number of primary sulfonamides is 1. The molecule has 5 nitrogen and oxygen atoms in total. The molecule has 0 amide bonds. The molecule has 27 heavy (non-hydrogen) atoms. The summed E-state index contributed by atoms with van der Waals surface area (Å²) in [6.07, 6.45) is 0.174. The highest BCUT2D eigenvalue weighted by Gasteiger charge is 2.26. The topological polar surface area (TPSA) is 82.2 Å². The van der Waals surface area contributed by atoms with Gasteiger partial charge in [0.1, 0.15) is 5.25 Å². The first-order valence-electron chi connectivity index (χ1n) is 8.29. The lowest BCUT2D eigenvalue weighted by Crippen LogP contribution is -2.24. The molecular weight excluding hydrogens is 384 g/mol. The smallest absolute Gasteiger partial charge is 0.216 e. The van der Waals surface area contributed by atoms with Gasteiger partial charge in [0.25, 0.3) is 0 Å². The minimum Gasteiger partial charge on any atom is -0.345 e. The van der Waals surface area contributed by atoms with Gasteiger partial charge in [-0.05, 0) is 42.0 Å². The first-order chi connectivity index (χ1) is 12.8. The number of nitrogens with zero attached hydrogens (tertiary/aromatic N) is 1. The van der Waals surface area contributed by atoms with Crippen LogP contribution in [0, 0.1) is 0 Å². The Bertz CT molecular complexity index is 1060. The summed E-state index contributed by atoms with van der Waals surface area (Å²) in [6, 6.07) is 18.9. The molecular formula is C20H19ClN2O3S. The molecule has 140 valence electrons. The Hall–Kier alpha value is -2.41. The molecule has 1 unspecified atom stereocenters. The van der Waals surface area contributed by atoms with Crippen molar-refractivity contribution in [3.8, 4) is 0 Å². The van der Waals surface area contributed by atoms with E-state index in [2.05, 4.69) is 0 Å². The second-order valence-corrected chi connectivity index (χ2v) is 8.48. The van der Waals surface area contributed by atoms with Gasteiger partial charge >= 0.3 is 0 Å².